The lowest BCUT2D eigenvalue weighted by Gasteiger charge is -2.18. The van der Waals surface area contributed by atoms with E-state index in [1.165, 1.54) is 17.0 Å². The lowest BCUT2D eigenvalue weighted by molar-refractivity contribution is -0.151. The van der Waals surface area contributed by atoms with Gasteiger partial charge in [-0.3, -0.25) is 24.1 Å². The molecule has 1 aliphatic rings. The van der Waals surface area contributed by atoms with Crippen LogP contribution in [0.3, 0.4) is 0 Å². The summed E-state index contributed by atoms with van der Waals surface area (Å²) in [6.07, 6.45) is 0. The largest absolute Gasteiger partial charge is 0.497 e. The van der Waals surface area contributed by atoms with Gasteiger partial charge in [0, 0.05) is 13.6 Å². The monoisotopic (exact) mass is 396 g/mol. The topological polar surface area (TPSA) is 93.2 Å². The second kappa shape index (κ2) is 8.55. The fraction of sp³-hybridized carbons (Fsp3) is 0.238. The first-order chi connectivity index (χ1) is 13.9. The van der Waals surface area contributed by atoms with E-state index in [2.05, 4.69) is 0 Å². The van der Waals surface area contributed by atoms with Gasteiger partial charge in [-0.15, -0.1) is 0 Å². The number of imide groups is 1. The molecule has 0 saturated heterocycles. The van der Waals surface area contributed by atoms with E-state index >= 15 is 0 Å². The summed E-state index contributed by atoms with van der Waals surface area (Å²) in [5, 5.41) is 0. The number of fused-ring (bicyclic) bond motifs is 1. The highest BCUT2D eigenvalue weighted by molar-refractivity contribution is 6.22. The van der Waals surface area contributed by atoms with Gasteiger partial charge in [0.1, 0.15) is 12.3 Å². The van der Waals surface area contributed by atoms with Gasteiger partial charge in [0.25, 0.3) is 17.7 Å². The quantitative estimate of drug-likeness (QED) is 0.520. The first-order valence-corrected chi connectivity index (χ1v) is 8.88. The Hall–Kier alpha value is -3.68. The highest BCUT2D eigenvalue weighted by Crippen LogP contribution is 2.22. The van der Waals surface area contributed by atoms with Crippen molar-refractivity contribution in [3.8, 4) is 5.75 Å². The average Bonchev–Trinajstić information content (AvgIpc) is 2.97. The van der Waals surface area contributed by atoms with Crippen LogP contribution in [0.2, 0.25) is 0 Å². The molecule has 0 bridgehead atoms. The van der Waals surface area contributed by atoms with E-state index in [1.54, 1.807) is 38.4 Å². The molecule has 3 amide bonds. The number of benzene rings is 2. The molecule has 2 aromatic rings. The minimum Gasteiger partial charge on any atom is -0.497 e. The number of hydrogen-bond acceptors (Lipinski definition) is 6. The second-order valence-electron chi connectivity index (χ2n) is 6.50. The molecule has 150 valence electrons. The van der Waals surface area contributed by atoms with Crippen LogP contribution in [0.5, 0.6) is 5.75 Å². The van der Waals surface area contributed by atoms with Crippen LogP contribution in [0.4, 0.5) is 0 Å². The second-order valence-corrected chi connectivity index (χ2v) is 6.50. The van der Waals surface area contributed by atoms with E-state index < -0.39 is 36.8 Å². The summed E-state index contributed by atoms with van der Waals surface area (Å²) in [7, 11) is 3.14. The predicted molar refractivity (Wildman–Crippen MR) is 102 cm³/mol. The van der Waals surface area contributed by atoms with E-state index in [9.17, 15) is 19.2 Å². The molecule has 2 aromatic carbocycles. The number of carbonyl (C=O) groups is 4. The van der Waals surface area contributed by atoms with Crippen LogP contribution in [0.15, 0.2) is 48.5 Å². The highest BCUT2D eigenvalue weighted by atomic mass is 16.5. The SMILES string of the molecule is COc1cccc(CN(C)C(=O)COC(=O)CN2C(=O)c3ccccc3C2=O)c1. The van der Waals surface area contributed by atoms with Crippen LogP contribution in [0, 0.1) is 0 Å². The number of amides is 3. The minimum absolute atomic E-state index is 0.249. The predicted octanol–water partition coefficient (Wildman–Crippen LogP) is 1.49. The maximum atomic E-state index is 12.3. The van der Waals surface area contributed by atoms with Gasteiger partial charge in [-0.2, -0.15) is 0 Å². The summed E-state index contributed by atoms with van der Waals surface area (Å²) in [5.74, 6) is -1.67. The molecule has 8 heteroatoms. The number of nitrogens with zero attached hydrogens (tertiary/aromatic N) is 2. The number of likely N-dealkylation sites (N-methyl/N-ethyl adjacent to an activating group) is 1. The molecule has 1 heterocycles. The molecule has 0 atom stereocenters. The third-order valence-corrected chi connectivity index (χ3v) is 4.50. The Morgan fingerprint density at radius 2 is 1.66 bits per heavy atom. The molecule has 29 heavy (non-hydrogen) atoms. The first kappa shape index (κ1) is 20.1. The molecular formula is C21H20N2O6. The van der Waals surface area contributed by atoms with Crippen LogP contribution >= 0.6 is 0 Å². The summed E-state index contributed by atoms with van der Waals surface area (Å²) >= 11 is 0. The van der Waals surface area contributed by atoms with Crippen molar-refractivity contribution in [1.29, 1.82) is 0 Å². The molecule has 0 aliphatic carbocycles. The number of carbonyl (C=O) groups excluding carboxylic acids is 4. The molecule has 0 fully saturated rings. The van der Waals surface area contributed by atoms with E-state index in [4.69, 9.17) is 9.47 Å². The number of hydrogen-bond donors (Lipinski definition) is 0. The van der Waals surface area contributed by atoms with Crippen molar-refractivity contribution in [2.24, 2.45) is 0 Å². The van der Waals surface area contributed by atoms with Gasteiger partial charge in [-0.05, 0) is 29.8 Å². The molecule has 0 unspecified atom stereocenters. The van der Waals surface area contributed by atoms with E-state index in [-0.39, 0.29) is 11.1 Å². The highest BCUT2D eigenvalue weighted by Gasteiger charge is 2.36. The third-order valence-electron chi connectivity index (χ3n) is 4.50. The number of esters is 1. The van der Waals surface area contributed by atoms with Crippen molar-refractivity contribution in [3.63, 3.8) is 0 Å². The molecule has 8 nitrogen and oxygen atoms in total. The van der Waals surface area contributed by atoms with Gasteiger partial charge in [0.05, 0.1) is 18.2 Å². The lowest BCUT2D eigenvalue weighted by atomic mass is 10.1. The van der Waals surface area contributed by atoms with Crippen LogP contribution < -0.4 is 4.74 Å². The molecule has 0 saturated carbocycles. The fourth-order valence-electron chi connectivity index (χ4n) is 2.94. The third kappa shape index (κ3) is 4.43. The van der Waals surface area contributed by atoms with Crippen LogP contribution in [0.1, 0.15) is 26.3 Å². The van der Waals surface area contributed by atoms with Gasteiger partial charge >= 0.3 is 5.97 Å². The Bertz CT molecular complexity index is 936. The normalized spacial score (nSPS) is 12.6. The van der Waals surface area contributed by atoms with Crippen LogP contribution in [-0.4, -0.2) is 60.8 Å². The van der Waals surface area contributed by atoms with Crippen molar-refractivity contribution in [3.05, 3.63) is 65.2 Å². The Balaban J connectivity index is 1.51. The summed E-state index contributed by atoms with van der Waals surface area (Å²) in [6, 6.07) is 13.6. The van der Waals surface area contributed by atoms with Gasteiger partial charge < -0.3 is 14.4 Å². The van der Waals surface area contributed by atoms with Crippen molar-refractivity contribution >= 4 is 23.7 Å². The smallest absolute Gasteiger partial charge is 0.326 e. The molecule has 3 rings (SSSR count). The molecule has 0 N–H and O–H groups in total. The Labute approximate surface area is 167 Å². The molecule has 0 aromatic heterocycles. The summed E-state index contributed by atoms with van der Waals surface area (Å²) in [5.41, 5.74) is 1.36. The molecular weight excluding hydrogens is 376 g/mol. The first-order valence-electron chi connectivity index (χ1n) is 8.88. The van der Waals surface area contributed by atoms with Gasteiger partial charge in [0.15, 0.2) is 6.61 Å². The maximum absolute atomic E-state index is 12.3. The zero-order valence-electron chi connectivity index (χ0n) is 16.1. The Kier molecular flexibility index (Phi) is 5.92. The van der Waals surface area contributed by atoms with Crippen LogP contribution in [0.25, 0.3) is 0 Å². The standard InChI is InChI=1S/C21H20N2O6/c1-22(11-14-6-5-7-15(10-14)28-2)18(24)13-29-19(25)12-23-20(26)16-8-3-4-9-17(16)21(23)27/h3-10H,11-13H2,1-2H3. The molecule has 0 radical (unpaired) electrons. The fourth-order valence-corrected chi connectivity index (χ4v) is 2.94. The number of methoxy groups -OCH3 is 1. The summed E-state index contributed by atoms with van der Waals surface area (Å²) < 4.78 is 10.1. The van der Waals surface area contributed by atoms with Crippen molar-refractivity contribution in [2.75, 3.05) is 27.3 Å². The molecule has 1 aliphatic heterocycles. The molecule has 0 spiro atoms. The van der Waals surface area contributed by atoms with Gasteiger partial charge in [0.2, 0.25) is 0 Å². The van der Waals surface area contributed by atoms with Crippen molar-refractivity contribution in [2.45, 2.75) is 6.54 Å². The van der Waals surface area contributed by atoms with E-state index in [1.807, 2.05) is 12.1 Å². The zero-order chi connectivity index (χ0) is 21.0. The Morgan fingerprint density at radius 1 is 1.00 bits per heavy atom. The van der Waals surface area contributed by atoms with Gasteiger partial charge in [-0.25, -0.2) is 0 Å². The van der Waals surface area contributed by atoms with Crippen molar-refractivity contribution in [1.82, 2.24) is 9.80 Å². The number of rotatable bonds is 7. The van der Waals surface area contributed by atoms with Gasteiger partial charge in [-0.1, -0.05) is 24.3 Å². The maximum Gasteiger partial charge on any atom is 0.326 e. The summed E-state index contributed by atoms with van der Waals surface area (Å²) in [6.45, 7) is -0.715. The zero-order valence-corrected chi connectivity index (χ0v) is 16.1. The Morgan fingerprint density at radius 3 is 2.28 bits per heavy atom. The van der Waals surface area contributed by atoms with Crippen LogP contribution in [-0.2, 0) is 20.9 Å². The summed E-state index contributed by atoms with van der Waals surface area (Å²) in [4.78, 5) is 51.0. The van der Waals surface area contributed by atoms with E-state index in [0.717, 1.165) is 10.5 Å². The number of ether oxygens (including phenoxy) is 2. The lowest BCUT2D eigenvalue weighted by Crippen LogP contribution is -2.37. The van der Waals surface area contributed by atoms with Crippen molar-refractivity contribution < 1.29 is 28.7 Å². The van der Waals surface area contributed by atoms with E-state index in [0.29, 0.717) is 12.3 Å². The minimum atomic E-state index is -0.831. The average molecular weight is 396 g/mol.